The van der Waals surface area contributed by atoms with Crippen LogP contribution in [0.4, 0.5) is 0 Å². The van der Waals surface area contributed by atoms with Crippen LogP contribution in [0.15, 0.2) is 113 Å². The average Bonchev–Trinajstić information content (AvgIpc) is 3.37. The minimum atomic E-state index is -0.971. The maximum atomic E-state index is 13.3. The van der Waals surface area contributed by atoms with Crippen LogP contribution in [0.2, 0.25) is 0 Å². The number of aromatic amines is 1. The highest BCUT2D eigenvalue weighted by molar-refractivity contribution is 5.72. The van der Waals surface area contributed by atoms with Gasteiger partial charge in [0.05, 0.1) is 26.4 Å². The molecule has 0 bridgehead atoms. The van der Waals surface area contributed by atoms with Crippen LogP contribution >= 0.6 is 0 Å². The first-order valence-electron chi connectivity index (χ1n) is 13.7. The smallest absolute Gasteiger partial charge is 0.332 e. The molecule has 1 N–H and O–H groups in total. The molecule has 6 rings (SSSR count). The Kier molecular flexibility index (Phi) is 8.57. The second kappa shape index (κ2) is 13.0. The lowest BCUT2D eigenvalue weighted by Crippen LogP contribution is -2.41. The van der Waals surface area contributed by atoms with Crippen molar-refractivity contribution in [3.8, 4) is 0 Å². The van der Waals surface area contributed by atoms with E-state index in [0.29, 0.717) is 13.2 Å². The summed E-state index contributed by atoms with van der Waals surface area (Å²) < 4.78 is 26.9. The molecule has 0 aliphatic carbocycles. The minimum absolute atomic E-state index is 0.143. The van der Waals surface area contributed by atoms with Gasteiger partial charge in [-0.3, -0.25) is 9.78 Å². The van der Waals surface area contributed by atoms with Crippen LogP contribution in [-0.4, -0.2) is 44.4 Å². The van der Waals surface area contributed by atoms with E-state index in [1.807, 2.05) is 91.0 Å². The van der Waals surface area contributed by atoms with E-state index in [1.54, 1.807) is 0 Å². The van der Waals surface area contributed by atoms with Gasteiger partial charge in [-0.05, 0) is 16.7 Å². The van der Waals surface area contributed by atoms with Crippen LogP contribution < -0.4 is 11.2 Å². The number of nitrogens with zero attached hydrogens (tertiary/aromatic N) is 3. The van der Waals surface area contributed by atoms with Crippen molar-refractivity contribution in [2.45, 2.75) is 44.4 Å². The summed E-state index contributed by atoms with van der Waals surface area (Å²) in [4.78, 5) is 36.5. The van der Waals surface area contributed by atoms with Crippen LogP contribution in [0.3, 0.4) is 0 Å². The Morgan fingerprint density at radius 2 is 1.33 bits per heavy atom. The quantitative estimate of drug-likeness (QED) is 0.257. The maximum Gasteiger partial charge on any atom is 0.332 e. The summed E-state index contributed by atoms with van der Waals surface area (Å²) in [5.41, 5.74) is 1.84. The Labute approximate surface area is 241 Å². The molecule has 5 aromatic rings. The van der Waals surface area contributed by atoms with Crippen molar-refractivity contribution in [2.24, 2.45) is 0 Å². The third kappa shape index (κ3) is 6.22. The molecule has 10 nitrogen and oxygen atoms in total. The molecule has 42 heavy (non-hydrogen) atoms. The van der Waals surface area contributed by atoms with Crippen molar-refractivity contribution in [1.29, 1.82) is 0 Å². The number of hydrogen-bond acceptors (Lipinski definition) is 8. The van der Waals surface area contributed by atoms with Gasteiger partial charge in [0.25, 0.3) is 5.56 Å². The standard InChI is InChI=1S/C32H30N4O6/c37-30-25-16-33-21-34-29(25)36(32(38)35-30)31-28(41-19-24-14-8-3-9-15-24)27(40-18-23-12-6-2-7-13-23)26(42-31)20-39-17-22-10-4-1-5-11-22/h1-16,21,26-28,31H,17-20H2,(H,35,37,38)/t26-,27-,28-,31-/m1/s1. The van der Waals surface area contributed by atoms with Crippen molar-refractivity contribution in [3.05, 3.63) is 141 Å². The molecular weight excluding hydrogens is 536 g/mol. The summed E-state index contributed by atoms with van der Waals surface area (Å²) >= 11 is 0. The number of hydrogen-bond donors (Lipinski definition) is 1. The number of nitrogens with one attached hydrogen (secondary N) is 1. The molecule has 1 aliphatic rings. The van der Waals surface area contributed by atoms with E-state index >= 15 is 0 Å². The molecular formula is C32H30N4O6. The van der Waals surface area contributed by atoms with Crippen LogP contribution in [0.5, 0.6) is 0 Å². The number of ether oxygens (including phenoxy) is 4. The predicted octanol–water partition coefficient (Wildman–Crippen LogP) is 3.76. The normalized spacial score (nSPS) is 20.2. The van der Waals surface area contributed by atoms with E-state index in [9.17, 15) is 9.59 Å². The lowest BCUT2D eigenvalue weighted by Gasteiger charge is -2.26. The van der Waals surface area contributed by atoms with Crippen LogP contribution in [0.1, 0.15) is 22.9 Å². The minimum Gasteiger partial charge on any atom is -0.374 e. The van der Waals surface area contributed by atoms with Crippen LogP contribution in [-0.2, 0) is 38.8 Å². The van der Waals surface area contributed by atoms with E-state index in [1.165, 1.54) is 17.1 Å². The van der Waals surface area contributed by atoms with Crippen molar-refractivity contribution in [2.75, 3.05) is 6.61 Å². The molecule has 1 aliphatic heterocycles. The molecule has 214 valence electrons. The molecule has 0 saturated carbocycles. The van der Waals surface area contributed by atoms with Gasteiger partial charge in [0.1, 0.15) is 30.0 Å². The van der Waals surface area contributed by atoms with Gasteiger partial charge < -0.3 is 18.9 Å². The molecule has 0 spiro atoms. The zero-order valence-electron chi connectivity index (χ0n) is 22.7. The number of rotatable bonds is 11. The molecule has 2 aromatic heterocycles. The van der Waals surface area contributed by atoms with E-state index in [2.05, 4.69) is 15.0 Å². The number of fused-ring (bicyclic) bond motifs is 1. The Hall–Kier alpha value is -4.48. The van der Waals surface area contributed by atoms with Gasteiger partial charge in [-0.25, -0.2) is 19.3 Å². The Balaban J connectivity index is 1.35. The Morgan fingerprint density at radius 3 is 1.95 bits per heavy atom. The van der Waals surface area contributed by atoms with Gasteiger partial charge in [0.15, 0.2) is 11.9 Å². The Bertz CT molecular complexity index is 1710. The first kappa shape index (κ1) is 27.7. The lowest BCUT2D eigenvalue weighted by atomic mass is 10.1. The fourth-order valence-corrected chi connectivity index (χ4v) is 5.06. The monoisotopic (exact) mass is 566 g/mol. The van der Waals surface area contributed by atoms with E-state index in [-0.39, 0.29) is 24.2 Å². The van der Waals surface area contributed by atoms with Gasteiger partial charge in [-0.2, -0.15) is 0 Å². The zero-order valence-corrected chi connectivity index (χ0v) is 22.7. The molecule has 3 heterocycles. The first-order valence-corrected chi connectivity index (χ1v) is 13.7. The van der Waals surface area contributed by atoms with E-state index in [4.69, 9.17) is 18.9 Å². The highest BCUT2D eigenvalue weighted by Gasteiger charge is 2.48. The van der Waals surface area contributed by atoms with E-state index in [0.717, 1.165) is 16.7 Å². The molecule has 10 heteroatoms. The molecule has 0 radical (unpaired) electrons. The van der Waals surface area contributed by atoms with Gasteiger partial charge in [0.2, 0.25) is 0 Å². The second-order valence-electron chi connectivity index (χ2n) is 9.98. The second-order valence-corrected chi connectivity index (χ2v) is 9.98. The van der Waals surface area contributed by atoms with Crippen molar-refractivity contribution >= 4 is 11.0 Å². The van der Waals surface area contributed by atoms with Gasteiger partial charge in [0, 0.05) is 6.20 Å². The van der Waals surface area contributed by atoms with Crippen molar-refractivity contribution in [1.82, 2.24) is 19.5 Å². The average molecular weight is 567 g/mol. The SMILES string of the molecule is O=c1[nH]c(=O)n([C@@H]2O[C@H](COCc3ccccc3)[C@@H](OCc3ccccc3)[C@H]2OCc2ccccc2)c2ncncc12. The third-order valence-electron chi connectivity index (χ3n) is 7.11. The maximum absolute atomic E-state index is 13.3. The van der Waals surface area contributed by atoms with Crippen molar-refractivity contribution in [3.63, 3.8) is 0 Å². The predicted molar refractivity (Wildman–Crippen MR) is 154 cm³/mol. The topological polar surface area (TPSA) is 118 Å². The fraction of sp³-hybridized carbons (Fsp3) is 0.250. The van der Waals surface area contributed by atoms with Crippen molar-refractivity contribution < 1.29 is 18.9 Å². The molecule has 1 saturated heterocycles. The molecule has 4 atom stereocenters. The lowest BCUT2D eigenvalue weighted by molar-refractivity contribution is -0.0917. The number of aromatic nitrogens is 4. The summed E-state index contributed by atoms with van der Waals surface area (Å²) in [6.45, 7) is 1.10. The molecule has 3 aromatic carbocycles. The Morgan fingerprint density at radius 1 is 0.762 bits per heavy atom. The number of benzene rings is 3. The number of H-pyrrole nitrogens is 1. The zero-order chi connectivity index (χ0) is 28.7. The first-order chi connectivity index (χ1) is 20.7. The third-order valence-corrected chi connectivity index (χ3v) is 7.11. The fourth-order valence-electron chi connectivity index (χ4n) is 5.06. The van der Waals surface area contributed by atoms with Crippen LogP contribution in [0, 0.1) is 0 Å². The van der Waals surface area contributed by atoms with Gasteiger partial charge in [-0.15, -0.1) is 0 Å². The highest BCUT2D eigenvalue weighted by Crippen LogP contribution is 2.35. The summed E-state index contributed by atoms with van der Waals surface area (Å²) in [5, 5.41) is 0.160. The van der Waals surface area contributed by atoms with Gasteiger partial charge >= 0.3 is 5.69 Å². The summed E-state index contributed by atoms with van der Waals surface area (Å²) in [6.07, 6.45) is -0.279. The highest BCUT2D eigenvalue weighted by atomic mass is 16.6. The van der Waals surface area contributed by atoms with Gasteiger partial charge in [-0.1, -0.05) is 91.0 Å². The summed E-state index contributed by atoms with van der Waals surface area (Å²) in [5.74, 6) is 0. The summed E-state index contributed by atoms with van der Waals surface area (Å²) in [6, 6.07) is 29.3. The molecule has 0 amide bonds. The summed E-state index contributed by atoms with van der Waals surface area (Å²) in [7, 11) is 0. The molecule has 1 fully saturated rings. The largest absolute Gasteiger partial charge is 0.374 e. The van der Waals surface area contributed by atoms with Crippen LogP contribution in [0.25, 0.3) is 11.0 Å². The van der Waals surface area contributed by atoms with E-state index < -0.39 is 35.8 Å². The molecule has 0 unspecified atom stereocenters.